The van der Waals surface area contributed by atoms with Crippen LogP contribution in [0.5, 0.6) is 0 Å². The highest BCUT2D eigenvalue weighted by molar-refractivity contribution is 5.23. The standard InChI is InChI=1S/C17H28N2O/c1-15(2)6-7-18-13-16-4-3-5-17(12-16)14-19-8-10-20-11-9-19/h3-5,12,15,18H,6-11,13-14H2,1-2H3. The maximum absolute atomic E-state index is 5.39. The second kappa shape index (κ2) is 8.40. The van der Waals surface area contributed by atoms with Crippen LogP contribution in [0.4, 0.5) is 0 Å². The van der Waals surface area contributed by atoms with Gasteiger partial charge in [-0.1, -0.05) is 38.1 Å². The minimum absolute atomic E-state index is 0.773. The molecule has 0 unspecified atom stereocenters. The number of ether oxygens (including phenoxy) is 1. The fraction of sp³-hybridized carbons (Fsp3) is 0.647. The predicted molar refractivity (Wildman–Crippen MR) is 83.7 cm³/mol. The smallest absolute Gasteiger partial charge is 0.0594 e. The first-order valence-corrected chi connectivity index (χ1v) is 7.82. The Morgan fingerprint density at radius 2 is 1.95 bits per heavy atom. The summed E-state index contributed by atoms with van der Waals surface area (Å²) < 4.78 is 5.39. The van der Waals surface area contributed by atoms with Crippen molar-refractivity contribution >= 4 is 0 Å². The Hall–Kier alpha value is -0.900. The summed E-state index contributed by atoms with van der Waals surface area (Å²) in [5.41, 5.74) is 2.80. The molecule has 0 radical (unpaired) electrons. The lowest BCUT2D eigenvalue weighted by Crippen LogP contribution is -2.35. The van der Waals surface area contributed by atoms with Gasteiger partial charge >= 0.3 is 0 Å². The molecule has 0 aromatic heterocycles. The second-order valence-corrected chi connectivity index (χ2v) is 6.07. The highest BCUT2D eigenvalue weighted by atomic mass is 16.5. The molecule has 3 nitrogen and oxygen atoms in total. The first-order chi connectivity index (χ1) is 9.74. The van der Waals surface area contributed by atoms with Crippen LogP contribution in [0.2, 0.25) is 0 Å². The quantitative estimate of drug-likeness (QED) is 0.775. The van der Waals surface area contributed by atoms with Crippen molar-refractivity contribution < 1.29 is 4.74 Å². The Balaban J connectivity index is 1.78. The summed E-state index contributed by atoms with van der Waals surface area (Å²) in [4.78, 5) is 2.47. The number of hydrogen-bond donors (Lipinski definition) is 1. The average Bonchev–Trinajstić information content (AvgIpc) is 2.45. The van der Waals surface area contributed by atoms with E-state index in [1.807, 2.05) is 0 Å². The Morgan fingerprint density at radius 3 is 2.70 bits per heavy atom. The van der Waals surface area contributed by atoms with Crippen molar-refractivity contribution in [3.8, 4) is 0 Å². The maximum atomic E-state index is 5.39. The summed E-state index contributed by atoms with van der Waals surface area (Å²) in [5, 5.41) is 3.53. The Bertz CT molecular complexity index is 386. The molecule has 0 spiro atoms. The Morgan fingerprint density at radius 1 is 1.20 bits per heavy atom. The van der Waals surface area contributed by atoms with Crippen molar-refractivity contribution in [1.29, 1.82) is 0 Å². The first-order valence-electron chi connectivity index (χ1n) is 7.82. The zero-order valence-electron chi connectivity index (χ0n) is 12.9. The summed E-state index contributed by atoms with van der Waals surface area (Å²) in [5.74, 6) is 0.773. The van der Waals surface area contributed by atoms with E-state index in [9.17, 15) is 0 Å². The van der Waals surface area contributed by atoms with Gasteiger partial charge in [-0.3, -0.25) is 4.90 Å². The monoisotopic (exact) mass is 276 g/mol. The topological polar surface area (TPSA) is 24.5 Å². The summed E-state index contributed by atoms with van der Waals surface area (Å²) in [6, 6.07) is 8.95. The van der Waals surface area contributed by atoms with E-state index in [0.29, 0.717) is 0 Å². The molecule has 3 heteroatoms. The van der Waals surface area contributed by atoms with Gasteiger partial charge in [0.25, 0.3) is 0 Å². The molecule has 0 amide bonds. The lowest BCUT2D eigenvalue weighted by Gasteiger charge is -2.26. The lowest BCUT2D eigenvalue weighted by molar-refractivity contribution is 0.0342. The number of rotatable bonds is 7. The summed E-state index contributed by atoms with van der Waals surface area (Å²) in [6.45, 7) is 11.5. The number of hydrogen-bond acceptors (Lipinski definition) is 3. The van der Waals surface area contributed by atoms with Gasteiger partial charge in [-0.2, -0.15) is 0 Å². The van der Waals surface area contributed by atoms with Gasteiger partial charge < -0.3 is 10.1 Å². The van der Waals surface area contributed by atoms with Crippen molar-refractivity contribution in [2.45, 2.75) is 33.4 Å². The third-order valence-electron chi connectivity index (χ3n) is 3.73. The van der Waals surface area contributed by atoms with E-state index < -0.39 is 0 Å². The summed E-state index contributed by atoms with van der Waals surface area (Å²) in [6.07, 6.45) is 1.24. The fourth-order valence-corrected chi connectivity index (χ4v) is 2.48. The minimum Gasteiger partial charge on any atom is -0.379 e. The molecule has 0 aliphatic carbocycles. The molecule has 1 fully saturated rings. The van der Waals surface area contributed by atoms with Crippen LogP contribution in [0.25, 0.3) is 0 Å². The van der Waals surface area contributed by atoms with Crippen LogP contribution in [-0.2, 0) is 17.8 Å². The van der Waals surface area contributed by atoms with E-state index in [2.05, 4.69) is 48.3 Å². The van der Waals surface area contributed by atoms with Gasteiger partial charge in [-0.05, 0) is 30.0 Å². The highest BCUT2D eigenvalue weighted by Crippen LogP contribution is 2.10. The van der Waals surface area contributed by atoms with E-state index in [1.54, 1.807) is 0 Å². The van der Waals surface area contributed by atoms with Crippen LogP contribution in [-0.4, -0.2) is 37.7 Å². The van der Waals surface area contributed by atoms with Gasteiger partial charge in [-0.25, -0.2) is 0 Å². The number of nitrogens with zero attached hydrogens (tertiary/aromatic N) is 1. The molecule has 1 aliphatic heterocycles. The molecule has 1 N–H and O–H groups in total. The third kappa shape index (κ3) is 5.61. The van der Waals surface area contributed by atoms with Crippen molar-refractivity contribution in [2.75, 3.05) is 32.8 Å². The molecule has 0 saturated carbocycles. The number of morpholine rings is 1. The first kappa shape index (κ1) is 15.5. The molecule has 2 rings (SSSR count). The molecule has 1 aliphatic rings. The van der Waals surface area contributed by atoms with Crippen LogP contribution in [0.3, 0.4) is 0 Å². The Labute approximate surface area is 123 Å². The molecular formula is C17H28N2O. The van der Waals surface area contributed by atoms with Crippen LogP contribution in [0.1, 0.15) is 31.4 Å². The Kier molecular flexibility index (Phi) is 6.51. The van der Waals surface area contributed by atoms with E-state index in [1.165, 1.54) is 17.5 Å². The lowest BCUT2D eigenvalue weighted by atomic mass is 10.1. The molecule has 1 saturated heterocycles. The average molecular weight is 276 g/mol. The highest BCUT2D eigenvalue weighted by Gasteiger charge is 2.10. The molecule has 1 aromatic carbocycles. The fourth-order valence-electron chi connectivity index (χ4n) is 2.48. The third-order valence-corrected chi connectivity index (χ3v) is 3.73. The van der Waals surface area contributed by atoms with Gasteiger partial charge in [0, 0.05) is 26.2 Å². The molecule has 0 atom stereocenters. The van der Waals surface area contributed by atoms with E-state index in [0.717, 1.165) is 51.9 Å². The van der Waals surface area contributed by atoms with Gasteiger partial charge in [0.2, 0.25) is 0 Å². The largest absolute Gasteiger partial charge is 0.379 e. The van der Waals surface area contributed by atoms with E-state index >= 15 is 0 Å². The van der Waals surface area contributed by atoms with Crippen LogP contribution < -0.4 is 5.32 Å². The predicted octanol–water partition coefficient (Wildman–Crippen LogP) is 2.65. The zero-order valence-corrected chi connectivity index (χ0v) is 12.9. The SMILES string of the molecule is CC(C)CCNCc1cccc(CN2CCOCC2)c1. The van der Waals surface area contributed by atoms with Crippen molar-refractivity contribution in [1.82, 2.24) is 10.2 Å². The van der Waals surface area contributed by atoms with Crippen molar-refractivity contribution in [2.24, 2.45) is 5.92 Å². The van der Waals surface area contributed by atoms with Crippen LogP contribution in [0.15, 0.2) is 24.3 Å². The molecular weight excluding hydrogens is 248 g/mol. The van der Waals surface area contributed by atoms with Crippen LogP contribution in [0, 0.1) is 5.92 Å². The molecule has 112 valence electrons. The minimum atomic E-state index is 0.773. The summed E-state index contributed by atoms with van der Waals surface area (Å²) in [7, 11) is 0. The van der Waals surface area contributed by atoms with Crippen molar-refractivity contribution in [3.63, 3.8) is 0 Å². The molecule has 1 heterocycles. The second-order valence-electron chi connectivity index (χ2n) is 6.07. The van der Waals surface area contributed by atoms with Gasteiger partial charge in [0.05, 0.1) is 13.2 Å². The molecule has 0 bridgehead atoms. The normalized spacial score (nSPS) is 16.8. The summed E-state index contributed by atoms with van der Waals surface area (Å²) >= 11 is 0. The van der Waals surface area contributed by atoms with Crippen molar-refractivity contribution in [3.05, 3.63) is 35.4 Å². The van der Waals surface area contributed by atoms with Crippen LogP contribution >= 0.6 is 0 Å². The van der Waals surface area contributed by atoms with E-state index in [4.69, 9.17) is 4.74 Å². The van der Waals surface area contributed by atoms with Gasteiger partial charge in [0.1, 0.15) is 0 Å². The maximum Gasteiger partial charge on any atom is 0.0594 e. The number of benzene rings is 1. The number of nitrogens with one attached hydrogen (secondary N) is 1. The van der Waals surface area contributed by atoms with Gasteiger partial charge in [-0.15, -0.1) is 0 Å². The van der Waals surface area contributed by atoms with E-state index in [-0.39, 0.29) is 0 Å². The molecule has 20 heavy (non-hydrogen) atoms. The zero-order chi connectivity index (χ0) is 14.2. The van der Waals surface area contributed by atoms with Gasteiger partial charge in [0.15, 0.2) is 0 Å². The molecule has 1 aromatic rings.